The summed E-state index contributed by atoms with van der Waals surface area (Å²) in [7, 11) is -0.166. The van der Waals surface area contributed by atoms with Crippen LogP contribution in [0.25, 0.3) is 6.08 Å². The fourth-order valence-electron chi connectivity index (χ4n) is 3.45. The van der Waals surface area contributed by atoms with Crippen molar-refractivity contribution in [3.63, 3.8) is 0 Å². The largest absolute Gasteiger partial charge is 0.497 e. The molecular weight excluding hydrogens is 392 g/mol. The van der Waals surface area contributed by atoms with Crippen LogP contribution in [-0.2, 0) is 8.98 Å². The predicted octanol–water partition coefficient (Wildman–Crippen LogP) is 6.07. The molecule has 0 N–H and O–H groups in total. The van der Waals surface area contributed by atoms with Crippen LogP contribution in [0.1, 0.15) is 5.56 Å². The van der Waals surface area contributed by atoms with Gasteiger partial charge in [0.25, 0.3) is 0 Å². The highest BCUT2D eigenvalue weighted by Gasteiger charge is 2.32. The molecule has 0 spiro atoms. The summed E-state index contributed by atoms with van der Waals surface area (Å²) in [6.07, 6.45) is 7.10. The Hall–Kier alpha value is -3.08. The van der Waals surface area contributed by atoms with Crippen molar-refractivity contribution in [3.05, 3.63) is 108 Å². The number of allylic oxidation sites excluding steroid dienone is 1. The Morgan fingerprint density at radius 2 is 1.40 bits per heavy atom. The molecule has 4 rings (SSSR count). The third kappa shape index (κ3) is 4.11. The molecule has 0 amide bonds. The number of methoxy groups -OCH3 is 1. The monoisotopic (exact) mass is 416 g/mol. The lowest BCUT2D eigenvalue weighted by Gasteiger charge is -2.38. The molecule has 0 aliphatic heterocycles. The van der Waals surface area contributed by atoms with Gasteiger partial charge in [-0.3, -0.25) is 4.79 Å². The Labute approximate surface area is 179 Å². The van der Waals surface area contributed by atoms with Crippen LogP contribution in [0.5, 0.6) is 5.75 Å². The second kappa shape index (κ2) is 8.74. The lowest BCUT2D eigenvalue weighted by molar-refractivity contribution is -0.111. The number of ketones is 1. The fraction of sp³-hybridized carbons (Fsp3) is 0.115. The summed E-state index contributed by atoms with van der Waals surface area (Å²) in [5.41, 5.74) is 1.58. The van der Waals surface area contributed by atoms with Crippen LogP contribution in [0.15, 0.2) is 112 Å². The van der Waals surface area contributed by atoms with E-state index in [4.69, 9.17) is 8.92 Å². The molecule has 152 valence electrons. The van der Waals surface area contributed by atoms with Gasteiger partial charge in [-0.15, -0.1) is 0 Å². The third-order valence-electron chi connectivity index (χ3n) is 5.13. The molecule has 30 heavy (non-hydrogen) atoms. The predicted molar refractivity (Wildman–Crippen MR) is 123 cm³/mol. The van der Waals surface area contributed by atoms with Gasteiger partial charge in [0.2, 0.25) is 0 Å². The normalized spacial score (nSPS) is 18.0. The van der Waals surface area contributed by atoms with Crippen molar-refractivity contribution >= 4 is 22.2 Å². The van der Waals surface area contributed by atoms with Crippen LogP contribution < -0.4 is 4.74 Å². The van der Waals surface area contributed by atoms with Crippen molar-refractivity contribution < 1.29 is 13.7 Å². The first kappa shape index (κ1) is 20.2. The van der Waals surface area contributed by atoms with Crippen LogP contribution in [0, 0.1) is 0 Å². The molecule has 0 bridgehead atoms. The highest BCUT2D eigenvalue weighted by atomic mass is 32.3. The molecule has 0 saturated heterocycles. The highest BCUT2D eigenvalue weighted by Crippen LogP contribution is 2.61. The number of ether oxygens (including phenoxy) is 1. The Kier molecular flexibility index (Phi) is 5.88. The van der Waals surface area contributed by atoms with Gasteiger partial charge in [-0.2, -0.15) is 0 Å². The van der Waals surface area contributed by atoms with Crippen LogP contribution in [0.4, 0.5) is 0 Å². The standard InChI is InChI=1S/C26H24O3S/c1-28-21-15-13-20(14-16-21)19-24-25(27)17-18-26(24)29-30(2,22-9-5-3-6-10-22)23-11-7-4-8-12-23/h3-19,26H,1-2H3/b24-19+. The molecular formula is C26H24O3S. The number of carbonyl (C=O) groups is 1. The van der Waals surface area contributed by atoms with E-state index in [1.807, 2.05) is 72.8 Å². The van der Waals surface area contributed by atoms with Crippen LogP contribution in [0.2, 0.25) is 0 Å². The van der Waals surface area contributed by atoms with Gasteiger partial charge in [-0.1, -0.05) is 58.8 Å². The first-order chi connectivity index (χ1) is 14.6. The van der Waals surface area contributed by atoms with Crippen LogP contribution in [-0.4, -0.2) is 25.3 Å². The maximum Gasteiger partial charge on any atom is 0.184 e. The van der Waals surface area contributed by atoms with Crippen molar-refractivity contribution in [3.8, 4) is 5.75 Å². The summed E-state index contributed by atoms with van der Waals surface area (Å²) < 4.78 is 12.0. The minimum absolute atomic E-state index is 0.0151. The maximum absolute atomic E-state index is 12.6. The molecule has 0 radical (unpaired) electrons. The molecule has 0 saturated carbocycles. The second-order valence-corrected chi connectivity index (χ2v) is 9.91. The number of rotatable bonds is 6. The molecule has 1 aliphatic rings. The van der Waals surface area contributed by atoms with E-state index in [-0.39, 0.29) is 5.78 Å². The van der Waals surface area contributed by atoms with E-state index >= 15 is 0 Å². The Morgan fingerprint density at radius 3 is 1.93 bits per heavy atom. The summed E-state index contributed by atoms with van der Waals surface area (Å²) in [6, 6.07) is 28.1. The summed E-state index contributed by atoms with van der Waals surface area (Å²) >= 11 is 0. The first-order valence-corrected chi connectivity index (χ1v) is 11.7. The lowest BCUT2D eigenvalue weighted by Crippen LogP contribution is -2.17. The molecule has 3 nitrogen and oxygen atoms in total. The van der Waals surface area contributed by atoms with Crippen LogP contribution in [0.3, 0.4) is 0 Å². The van der Waals surface area contributed by atoms with E-state index < -0.39 is 16.4 Å². The maximum atomic E-state index is 12.6. The molecule has 4 heteroatoms. The van der Waals surface area contributed by atoms with Gasteiger partial charge < -0.3 is 8.92 Å². The van der Waals surface area contributed by atoms with E-state index in [1.54, 1.807) is 13.2 Å². The topological polar surface area (TPSA) is 35.5 Å². The number of benzene rings is 3. The minimum Gasteiger partial charge on any atom is -0.497 e. The molecule has 0 heterocycles. The van der Waals surface area contributed by atoms with Gasteiger partial charge in [-0.05, 0) is 66.4 Å². The number of hydrogen-bond acceptors (Lipinski definition) is 3. The number of carbonyl (C=O) groups excluding carboxylic acids is 1. The molecule has 1 unspecified atom stereocenters. The van der Waals surface area contributed by atoms with E-state index in [0.717, 1.165) is 21.1 Å². The van der Waals surface area contributed by atoms with E-state index in [2.05, 4.69) is 30.5 Å². The van der Waals surface area contributed by atoms with Gasteiger partial charge in [0, 0.05) is 15.4 Å². The van der Waals surface area contributed by atoms with Gasteiger partial charge in [0.15, 0.2) is 5.78 Å². The molecule has 0 fully saturated rings. The molecule has 3 aromatic rings. The minimum atomic E-state index is -1.80. The van der Waals surface area contributed by atoms with Gasteiger partial charge in [0.1, 0.15) is 11.9 Å². The van der Waals surface area contributed by atoms with E-state index in [1.165, 1.54) is 0 Å². The molecule has 1 atom stereocenters. The second-order valence-electron chi connectivity index (χ2n) is 7.08. The van der Waals surface area contributed by atoms with Crippen molar-refractivity contribution in [2.45, 2.75) is 15.9 Å². The zero-order chi connectivity index (χ0) is 21.0. The average molecular weight is 417 g/mol. The SMILES string of the molecule is COc1ccc(/C=C2\C(=O)C=CC2OS(C)(c2ccccc2)c2ccccc2)cc1. The van der Waals surface area contributed by atoms with Gasteiger partial charge >= 0.3 is 0 Å². The summed E-state index contributed by atoms with van der Waals surface area (Å²) in [5.74, 6) is 0.768. The number of hydrogen-bond donors (Lipinski definition) is 0. The van der Waals surface area contributed by atoms with Crippen molar-refractivity contribution in [2.75, 3.05) is 13.4 Å². The molecule has 3 aromatic carbocycles. The zero-order valence-electron chi connectivity index (χ0n) is 17.0. The van der Waals surface area contributed by atoms with E-state index in [9.17, 15) is 4.79 Å². The average Bonchev–Trinajstić information content (AvgIpc) is 3.14. The van der Waals surface area contributed by atoms with Crippen molar-refractivity contribution in [2.24, 2.45) is 0 Å². The molecule has 1 aliphatic carbocycles. The smallest absolute Gasteiger partial charge is 0.184 e. The fourth-order valence-corrected chi connectivity index (χ4v) is 5.88. The summed E-state index contributed by atoms with van der Waals surface area (Å²) in [6.45, 7) is 0. The highest BCUT2D eigenvalue weighted by molar-refractivity contribution is 8.29. The van der Waals surface area contributed by atoms with Crippen molar-refractivity contribution in [1.82, 2.24) is 0 Å². The van der Waals surface area contributed by atoms with Crippen LogP contribution >= 0.6 is 10.3 Å². The Balaban J connectivity index is 1.70. The zero-order valence-corrected chi connectivity index (χ0v) is 17.8. The lowest BCUT2D eigenvalue weighted by atomic mass is 10.1. The molecule has 0 aromatic heterocycles. The van der Waals surface area contributed by atoms with E-state index in [0.29, 0.717) is 5.57 Å². The Morgan fingerprint density at radius 1 is 0.833 bits per heavy atom. The third-order valence-corrected chi connectivity index (χ3v) is 8.07. The van der Waals surface area contributed by atoms with Gasteiger partial charge in [-0.25, -0.2) is 0 Å². The summed E-state index contributed by atoms with van der Waals surface area (Å²) in [4.78, 5) is 14.9. The first-order valence-electron chi connectivity index (χ1n) is 9.75. The Bertz CT molecular complexity index is 1030. The summed E-state index contributed by atoms with van der Waals surface area (Å²) in [5, 5.41) is 0. The van der Waals surface area contributed by atoms with Crippen molar-refractivity contribution in [1.29, 1.82) is 0 Å². The quantitative estimate of drug-likeness (QED) is 0.458. The van der Waals surface area contributed by atoms with Gasteiger partial charge in [0.05, 0.1) is 7.11 Å².